The van der Waals surface area contributed by atoms with Gasteiger partial charge in [0.2, 0.25) is 0 Å². The molecule has 3 aromatic rings. The average molecular weight is 495 g/mol. The Balaban J connectivity index is 1.57. The van der Waals surface area contributed by atoms with Crippen molar-refractivity contribution < 1.29 is 19.1 Å². The number of imide groups is 2. The Morgan fingerprint density at radius 1 is 0.971 bits per heavy atom. The maximum Gasteiger partial charge on any atom is 0.335 e. The van der Waals surface area contributed by atoms with Gasteiger partial charge in [0.15, 0.2) is 0 Å². The summed E-state index contributed by atoms with van der Waals surface area (Å²) in [6.07, 6.45) is 2.02. The normalized spacial score (nSPS) is 15.0. The predicted octanol–water partition coefficient (Wildman–Crippen LogP) is 5.80. The van der Waals surface area contributed by atoms with Crippen molar-refractivity contribution in [3.8, 4) is 5.75 Å². The van der Waals surface area contributed by atoms with Gasteiger partial charge in [0, 0.05) is 5.02 Å². The van der Waals surface area contributed by atoms with E-state index >= 15 is 0 Å². The number of nitrogens with zero attached hydrogens (tertiary/aromatic N) is 1. The Labute approximate surface area is 206 Å². The van der Waals surface area contributed by atoms with Gasteiger partial charge in [0.25, 0.3) is 11.8 Å². The highest BCUT2D eigenvalue weighted by molar-refractivity contribution is 6.39. The molecule has 0 aliphatic carbocycles. The maximum atomic E-state index is 13.2. The fourth-order valence-electron chi connectivity index (χ4n) is 3.54. The number of benzene rings is 3. The van der Waals surface area contributed by atoms with Crippen LogP contribution in [0.4, 0.5) is 10.5 Å². The van der Waals surface area contributed by atoms with E-state index in [0.717, 1.165) is 16.0 Å². The van der Waals surface area contributed by atoms with Gasteiger partial charge < -0.3 is 4.74 Å². The first-order chi connectivity index (χ1) is 16.4. The zero-order valence-electron chi connectivity index (χ0n) is 18.2. The highest BCUT2D eigenvalue weighted by atomic mass is 35.5. The average Bonchev–Trinajstić information content (AvgIpc) is 2.82. The van der Waals surface area contributed by atoms with Crippen LogP contribution in [-0.2, 0) is 22.6 Å². The van der Waals surface area contributed by atoms with E-state index in [-0.39, 0.29) is 5.57 Å². The first-order valence-electron chi connectivity index (χ1n) is 10.5. The third-order valence-corrected chi connectivity index (χ3v) is 5.84. The molecule has 8 heteroatoms. The van der Waals surface area contributed by atoms with E-state index in [1.54, 1.807) is 42.5 Å². The van der Waals surface area contributed by atoms with Crippen LogP contribution in [0.5, 0.6) is 5.75 Å². The lowest BCUT2D eigenvalue weighted by Gasteiger charge is -2.28. The molecular weight excluding hydrogens is 475 g/mol. The number of hydrogen-bond donors (Lipinski definition) is 1. The van der Waals surface area contributed by atoms with Gasteiger partial charge in [0.1, 0.15) is 17.9 Å². The highest BCUT2D eigenvalue weighted by Gasteiger charge is 2.37. The van der Waals surface area contributed by atoms with Crippen LogP contribution in [0.3, 0.4) is 0 Å². The van der Waals surface area contributed by atoms with Crippen LogP contribution in [0, 0.1) is 0 Å². The van der Waals surface area contributed by atoms with E-state index in [0.29, 0.717) is 40.1 Å². The van der Waals surface area contributed by atoms with Gasteiger partial charge >= 0.3 is 6.03 Å². The molecule has 1 N–H and O–H groups in total. The standard InChI is InChI=1S/C26H20Cl2N2O4/c1-2-18-5-3-4-6-22(18)30-25(32)20(24(31)29-26(30)33)13-17-9-12-23(21(28)14-17)34-15-16-7-10-19(27)11-8-16/h3-14H,2,15H2,1H3,(H,29,31,33)/b20-13-. The molecule has 4 amide bonds. The summed E-state index contributed by atoms with van der Waals surface area (Å²) in [7, 11) is 0. The number of aryl methyl sites for hydroxylation is 1. The maximum absolute atomic E-state index is 13.2. The molecule has 3 aromatic carbocycles. The van der Waals surface area contributed by atoms with E-state index in [1.807, 2.05) is 31.2 Å². The van der Waals surface area contributed by atoms with Crippen LogP contribution < -0.4 is 15.0 Å². The quantitative estimate of drug-likeness (QED) is 0.347. The van der Waals surface area contributed by atoms with Crippen molar-refractivity contribution >= 4 is 52.8 Å². The molecule has 0 aromatic heterocycles. The molecule has 1 saturated heterocycles. The number of hydrogen-bond acceptors (Lipinski definition) is 4. The van der Waals surface area contributed by atoms with Crippen molar-refractivity contribution in [2.24, 2.45) is 0 Å². The first-order valence-corrected chi connectivity index (χ1v) is 11.3. The lowest BCUT2D eigenvalue weighted by atomic mass is 10.0. The largest absolute Gasteiger partial charge is 0.487 e. The lowest BCUT2D eigenvalue weighted by molar-refractivity contribution is -0.122. The van der Waals surface area contributed by atoms with Gasteiger partial charge in [-0.1, -0.05) is 66.5 Å². The lowest BCUT2D eigenvalue weighted by Crippen LogP contribution is -2.54. The van der Waals surface area contributed by atoms with Crippen LogP contribution in [0.2, 0.25) is 10.0 Å². The van der Waals surface area contributed by atoms with Crippen molar-refractivity contribution in [1.29, 1.82) is 0 Å². The summed E-state index contributed by atoms with van der Waals surface area (Å²) in [5, 5.41) is 3.19. The Hall–Kier alpha value is -3.61. The SMILES string of the molecule is CCc1ccccc1N1C(=O)NC(=O)/C(=C/c2ccc(OCc3ccc(Cl)cc3)c(Cl)c2)C1=O. The van der Waals surface area contributed by atoms with Crippen molar-refractivity contribution in [2.75, 3.05) is 4.90 Å². The molecule has 34 heavy (non-hydrogen) atoms. The topological polar surface area (TPSA) is 75.7 Å². The molecule has 1 heterocycles. The molecule has 4 rings (SSSR count). The van der Waals surface area contributed by atoms with Gasteiger partial charge in [-0.2, -0.15) is 0 Å². The van der Waals surface area contributed by atoms with Gasteiger partial charge in [0.05, 0.1) is 10.7 Å². The Morgan fingerprint density at radius 2 is 1.71 bits per heavy atom. The second-order valence-electron chi connectivity index (χ2n) is 7.55. The number of urea groups is 1. The number of amides is 4. The second kappa shape index (κ2) is 10.1. The molecule has 1 aliphatic heterocycles. The third-order valence-electron chi connectivity index (χ3n) is 5.29. The number of ether oxygens (including phenoxy) is 1. The van der Waals surface area contributed by atoms with Crippen molar-refractivity contribution in [1.82, 2.24) is 5.32 Å². The van der Waals surface area contributed by atoms with Crippen LogP contribution >= 0.6 is 23.2 Å². The van der Waals surface area contributed by atoms with E-state index in [2.05, 4.69) is 5.32 Å². The van der Waals surface area contributed by atoms with Gasteiger partial charge in [-0.25, -0.2) is 9.69 Å². The molecule has 1 aliphatic rings. The minimum Gasteiger partial charge on any atom is -0.487 e. The van der Waals surface area contributed by atoms with E-state index in [4.69, 9.17) is 27.9 Å². The summed E-state index contributed by atoms with van der Waals surface area (Å²) in [6, 6.07) is 18.5. The number of anilines is 1. The molecule has 0 saturated carbocycles. The third kappa shape index (κ3) is 4.98. The fraction of sp³-hybridized carbons (Fsp3) is 0.115. The highest BCUT2D eigenvalue weighted by Crippen LogP contribution is 2.29. The van der Waals surface area contributed by atoms with E-state index in [9.17, 15) is 14.4 Å². The number of para-hydroxylation sites is 1. The molecule has 1 fully saturated rings. The molecule has 0 unspecified atom stereocenters. The molecule has 0 bridgehead atoms. The predicted molar refractivity (Wildman–Crippen MR) is 132 cm³/mol. The second-order valence-corrected chi connectivity index (χ2v) is 8.39. The summed E-state index contributed by atoms with van der Waals surface area (Å²) >= 11 is 12.3. The minimum atomic E-state index is -0.781. The van der Waals surface area contributed by atoms with Crippen LogP contribution in [0.15, 0.2) is 72.3 Å². The van der Waals surface area contributed by atoms with Crippen molar-refractivity contribution in [3.05, 3.63) is 99.0 Å². The molecule has 0 atom stereocenters. The van der Waals surface area contributed by atoms with Crippen LogP contribution in [0.25, 0.3) is 6.08 Å². The number of halogens is 2. The number of barbiturate groups is 1. The Bertz CT molecular complexity index is 1300. The zero-order valence-corrected chi connectivity index (χ0v) is 19.7. The smallest absolute Gasteiger partial charge is 0.335 e. The fourth-order valence-corrected chi connectivity index (χ4v) is 3.91. The van der Waals surface area contributed by atoms with Crippen LogP contribution in [0.1, 0.15) is 23.6 Å². The monoisotopic (exact) mass is 494 g/mol. The molecule has 172 valence electrons. The molecular formula is C26H20Cl2N2O4. The summed E-state index contributed by atoms with van der Waals surface area (Å²) in [5.74, 6) is -1.01. The van der Waals surface area contributed by atoms with E-state index < -0.39 is 17.8 Å². The number of carbonyl (C=O) groups excluding carboxylic acids is 3. The number of nitrogens with one attached hydrogen (secondary N) is 1. The first kappa shape index (κ1) is 23.5. The molecule has 6 nitrogen and oxygen atoms in total. The number of rotatable bonds is 6. The van der Waals surface area contributed by atoms with Gasteiger partial charge in [-0.05, 0) is 59.5 Å². The van der Waals surface area contributed by atoms with Crippen molar-refractivity contribution in [2.45, 2.75) is 20.0 Å². The van der Waals surface area contributed by atoms with E-state index in [1.165, 1.54) is 6.08 Å². The summed E-state index contributed by atoms with van der Waals surface area (Å²) in [5.41, 5.74) is 2.52. The summed E-state index contributed by atoms with van der Waals surface area (Å²) in [4.78, 5) is 39.1. The van der Waals surface area contributed by atoms with Gasteiger partial charge in [-0.3, -0.25) is 14.9 Å². The molecule has 0 radical (unpaired) electrons. The zero-order chi connectivity index (χ0) is 24.2. The Morgan fingerprint density at radius 3 is 2.41 bits per heavy atom. The van der Waals surface area contributed by atoms with Crippen LogP contribution in [-0.4, -0.2) is 17.8 Å². The van der Waals surface area contributed by atoms with Gasteiger partial charge in [-0.15, -0.1) is 0 Å². The summed E-state index contributed by atoms with van der Waals surface area (Å²) in [6.45, 7) is 2.22. The minimum absolute atomic E-state index is 0.170. The number of carbonyl (C=O) groups is 3. The Kier molecular flexibility index (Phi) is 7.01. The molecule has 0 spiro atoms. The summed E-state index contributed by atoms with van der Waals surface area (Å²) < 4.78 is 5.77. The van der Waals surface area contributed by atoms with Crippen molar-refractivity contribution in [3.63, 3.8) is 0 Å².